The lowest BCUT2D eigenvalue weighted by molar-refractivity contribution is 0.196. The molecule has 1 aromatic heterocycles. The molecule has 1 aliphatic rings. The van der Waals surface area contributed by atoms with Crippen molar-refractivity contribution in [2.75, 3.05) is 19.3 Å². The number of aromatic nitrogens is 2. The molecular formula is C22H25N3O3S. The highest BCUT2D eigenvalue weighted by Gasteiger charge is 2.28. The number of ether oxygens (including phenoxy) is 1. The van der Waals surface area contributed by atoms with Crippen LogP contribution in [-0.4, -0.2) is 42.9 Å². The lowest BCUT2D eigenvalue weighted by Gasteiger charge is -2.32. The van der Waals surface area contributed by atoms with Crippen LogP contribution in [-0.2, 0) is 16.4 Å². The van der Waals surface area contributed by atoms with Crippen molar-refractivity contribution in [1.82, 2.24) is 15.1 Å². The summed E-state index contributed by atoms with van der Waals surface area (Å²) in [7, 11) is -3.29. The molecule has 2 heterocycles. The fourth-order valence-corrected chi connectivity index (χ4v) is 4.75. The van der Waals surface area contributed by atoms with Gasteiger partial charge in [0, 0.05) is 30.8 Å². The first kappa shape index (κ1) is 19.7. The average Bonchev–Trinajstić information content (AvgIpc) is 3.21. The Labute approximate surface area is 171 Å². The number of likely N-dealkylation sites (tertiary alicyclic amines) is 1. The summed E-state index contributed by atoms with van der Waals surface area (Å²) in [4.78, 5) is 2.67. The van der Waals surface area contributed by atoms with Crippen LogP contribution < -0.4 is 4.74 Å². The fraction of sp³-hybridized carbons (Fsp3) is 0.318. The number of sulfone groups is 1. The maximum Gasteiger partial charge on any atom is 0.178 e. The van der Waals surface area contributed by atoms with Gasteiger partial charge in [-0.05, 0) is 37.6 Å². The lowest BCUT2D eigenvalue weighted by atomic mass is 9.94. The SMILES string of the molecule is CS(=O)(=O)c1cn[nH]c1[C@H]1CCCN(Cc2ccccc2Oc2ccccc2)C1. The molecule has 1 saturated heterocycles. The van der Waals surface area contributed by atoms with Crippen LogP contribution in [0.15, 0.2) is 65.7 Å². The van der Waals surface area contributed by atoms with Crippen molar-refractivity contribution >= 4 is 9.84 Å². The molecule has 6 nitrogen and oxygen atoms in total. The smallest absolute Gasteiger partial charge is 0.178 e. The quantitative estimate of drug-likeness (QED) is 0.664. The lowest BCUT2D eigenvalue weighted by Crippen LogP contribution is -2.34. The zero-order valence-electron chi connectivity index (χ0n) is 16.4. The normalized spacial score (nSPS) is 17.9. The van der Waals surface area contributed by atoms with E-state index in [1.165, 1.54) is 12.5 Å². The Morgan fingerprint density at radius 1 is 1.14 bits per heavy atom. The fourth-order valence-electron chi connectivity index (χ4n) is 3.90. The van der Waals surface area contributed by atoms with E-state index in [1.54, 1.807) is 0 Å². The maximum absolute atomic E-state index is 12.1. The van der Waals surface area contributed by atoms with E-state index in [4.69, 9.17) is 4.74 Å². The molecule has 0 amide bonds. The minimum absolute atomic E-state index is 0.123. The number of piperidine rings is 1. The maximum atomic E-state index is 12.1. The summed E-state index contributed by atoms with van der Waals surface area (Å²) in [6, 6.07) is 17.8. The molecule has 4 rings (SSSR count). The summed E-state index contributed by atoms with van der Waals surface area (Å²) in [6.45, 7) is 2.50. The molecule has 2 aromatic carbocycles. The zero-order chi connectivity index (χ0) is 20.3. The molecule has 1 fully saturated rings. The van der Waals surface area contributed by atoms with Crippen LogP contribution in [0.3, 0.4) is 0 Å². The van der Waals surface area contributed by atoms with Gasteiger partial charge in [0.15, 0.2) is 9.84 Å². The van der Waals surface area contributed by atoms with Crippen molar-refractivity contribution in [3.63, 3.8) is 0 Å². The summed E-state index contributed by atoms with van der Waals surface area (Å²) >= 11 is 0. The van der Waals surface area contributed by atoms with Gasteiger partial charge in [-0.15, -0.1) is 0 Å². The van der Waals surface area contributed by atoms with E-state index in [-0.39, 0.29) is 5.92 Å². The number of H-pyrrole nitrogens is 1. The highest BCUT2D eigenvalue weighted by Crippen LogP contribution is 2.32. The second-order valence-corrected chi connectivity index (χ2v) is 9.50. The van der Waals surface area contributed by atoms with E-state index in [9.17, 15) is 8.42 Å². The standard InChI is InChI=1S/C22H25N3O3S/c1-29(26,27)21-14-23-24-22(21)18-9-7-13-25(16-18)15-17-8-5-6-12-20(17)28-19-10-3-2-4-11-19/h2-6,8,10-12,14,18H,7,9,13,15-16H2,1H3,(H,23,24)/t18-/m0/s1. The van der Waals surface area contributed by atoms with Gasteiger partial charge in [0.1, 0.15) is 16.4 Å². The molecule has 7 heteroatoms. The number of hydrogen-bond donors (Lipinski definition) is 1. The number of para-hydroxylation sites is 2. The zero-order valence-corrected chi connectivity index (χ0v) is 17.2. The summed E-state index contributed by atoms with van der Waals surface area (Å²) in [5, 5.41) is 6.92. The first-order valence-corrected chi connectivity index (χ1v) is 11.7. The van der Waals surface area contributed by atoms with Crippen molar-refractivity contribution in [3.8, 4) is 11.5 Å². The van der Waals surface area contributed by atoms with Crippen LogP contribution in [0, 0.1) is 0 Å². The predicted molar refractivity (Wildman–Crippen MR) is 112 cm³/mol. The Bertz CT molecular complexity index is 1060. The van der Waals surface area contributed by atoms with E-state index < -0.39 is 9.84 Å². The highest BCUT2D eigenvalue weighted by molar-refractivity contribution is 7.90. The Balaban J connectivity index is 1.50. The minimum Gasteiger partial charge on any atom is -0.457 e. The Kier molecular flexibility index (Phi) is 5.69. The average molecular weight is 412 g/mol. The Morgan fingerprint density at radius 3 is 2.69 bits per heavy atom. The molecule has 0 aliphatic carbocycles. The van der Waals surface area contributed by atoms with E-state index in [0.717, 1.165) is 55.2 Å². The van der Waals surface area contributed by atoms with Crippen LogP contribution in [0.5, 0.6) is 11.5 Å². The molecule has 29 heavy (non-hydrogen) atoms. The highest BCUT2D eigenvalue weighted by atomic mass is 32.2. The second kappa shape index (κ2) is 8.39. The monoisotopic (exact) mass is 411 g/mol. The third-order valence-corrected chi connectivity index (χ3v) is 6.41. The molecule has 0 unspecified atom stereocenters. The van der Waals surface area contributed by atoms with Crippen LogP contribution in [0.2, 0.25) is 0 Å². The number of nitrogens with zero attached hydrogens (tertiary/aromatic N) is 2. The van der Waals surface area contributed by atoms with Gasteiger partial charge < -0.3 is 4.74 Å². The van der Waals surface area contributed by atoms with Gasteiger partial charge in [0.2, 0.25) is 0 Å². The Hall–Kier alpha value is -2.64. The van der Waals surface area contributed by atoms with Gasteiger partial charge in [-0.2, -0.15) is 5.10 Å². The van der Waals surface area contributed by atoms with Crippen molar-refractivity contribution in [2.45, 2.75) is 30.2 Å². The number of nitrogens with one attached hydrogen (secondary N) is 1. The molecule has 0 spiro atoms. The second-order valence-electron chi connectivity index (χ2n) is 7.52. The van der Waals surface area contributed by atoms with Crippen molar-refractivity contribution in [2.24, 2.45) is 0 Å². The van der Waals surface area contributed by atoms with Gasteiger partial charge in [-0.3, -0.25) is 10.00 Å². The summed E-state index contributed by atoms with van der Waals surface area (Å²) in [6.07, 6.45) is 4.61. The first-order valence-electron chi connectivity index (χ1n) is 9.77. The molecule has 0 saturated carbocycles. The molecule has 1 N–H and O–H groups in total. The summed E-state index contributed by atoms with van der Waals surface area (Å²) < 4.78 is 30.2. The van der Waals surface area contributed by atoms with E-state index in [2.05, 4.69) is 21.2 Å². The van der Waals surface area contributed by atoms with Crippen LogP contribution in [0.4, 0.5) is 0 Å². The van der Waals surface area contributed by atoms with Gasteiger partial charge in [-0.25, -0.2) is 8.42 Å². The molecule has 3 aromatic rings. The van der Waals surface area contributed by atoms with Gasteiger partial charge in [0.25, 0.3) is 0 Å². The number of rotatable bonds is 6. The van der Waals surface area contributed by atoms with Crippen molar-refractivity contribution < 1.29 is 13.2 Å². The summed E-state index contributed by atoms with van der Waals surface area (Å²) in [5.41, 5.74) is 1.84. The molecule has 0 radical (unpaired) electrons. The van der Waals surface area contributed by atoms with E-state index in [1.807, 2.05) is 48.5 Å². The molecular weight excluding hydrogens is 386 g/mol. The minimum atomic E-state index is -3.29. The van der Waals surface area contributed by atoms with Crippen LogP contribution in [0.1, 0.15) is 30.0 Å². The van der Waals surface area contributed by atoms with Gasteiger partial charge in [-0.1, -0.05) is 36.4 Å². The summed E-state index contributed by atoms with van der Waals surface area (Å²) in [5.74, 6) is 1.78. The molecule has 152 valence electrons. The topological polar surface area (TPSA) is 75.3 Å². The van der Waals surface area contributed by atoms with Crippen molar-refractivity contribution in [3.05, 3.63) is 72.1 Å². The Morgan fingerprint density at radius 2 is 1.90 bits per heavy atom. The van der Waals surface area contributed by atoms with Crippen LogP contribution >= 0.6 is 0 Å². The number of aromatic amines is 1. The molecule has 1 atom stereocenters. The number of benzene rings is 2. The van der Waals surface area contributed by atoms with Crippen molar-refractivity contribution in [1.29, 1.82) is 0 Å². The van der Waals surface area contributed by atoms with Gasteiger partial charge >= 0.3 is 0 Å². The third-order valence-electron chi connectivity index (χ3n) is 5.28. The largest absolute Gasteiger partial charge is 0.457 e. The number of hydrogen-bond acceptors (Lipinski definition) is 5. The van der Waals surface area contributed by atoms with E-state index in [0.29, 0.717) is 4.90 Å². The van der Waals surface area contributed by atoms with E-state index >= 15 is 0 Å². The van der Waals surface area contributed by atoms with Gasteiger partial charge in [0.05, 0.1) is 11.9 Å². The van der Waals surface area contributed by atoms with Crippen LogP contribution in [0.25, 0.3) is 0 Å². The third kappa shape index (κ3) is 4.68. The predicted octanol–water partition coefficient (Wildman–Crippen LogP) is 3.99. The molecule has 0 bridgehead atoms. The first-order chi connectivity index (χ1) is 14.0. The molecule has 1 aliphatic heterocycles.